The molecule has 1 aliphatic rings. The van der Waals surface area contributed by atoms with Crippen molar-refractivity contribution in [2.75, 3.05) is 13.1 Å². The molecule has 1 fully saturated rings. The Morgan fingerprint density at radius 3 is 2.77 bits per heavy atom. The van der Waals surface area contributed by atoms with Crippen molar-refractivity contribution >= 4 is 5.91 Å². The summed E-state index contributed by atoms with van der Waals surface area (Å²) in [6, 6.07) is 0.109. The minimum Gasteiger partial charge on any atom is -0.458 e. The summed E-state index contributed by atoms with van der Waals surface area (Å²) >= 11 is 0. The van der Waals surface area contributed by atoms with E-state index in [9.17, 15) is 9.18 Å². The first-order valence-electron chi connectivity index (χ1n) is 6.91. The van der Waals surface area contributed by atoms with Crippen molar-refractivity contribution in [2.45, 2.75) is 26.4 Å². The lowest BCUT2D eigenvalue weighted by Crippen LogP contribution is -2.31. The summed E-state index contributed by atoms with van der Waals surface area (Å²) in [6.45, 7) is 4.43. The molecule has 22 heavy (non-hydrogen) atoms. The van der Waals surface area contributed by atoms with Gasteiger partial charge in [-0.05, 0) is 13.8 Å². The predicted octanol–water partition coefficient (Wildman–Crippen LogP) is 1.51. The minimum absolute atomic E-state index is 0.109. The molecular formula is C14H15FN4O3. The van der Waals surface area contributed by atoms with Crippen molar-refractivity contribution in [3.05, 3.63) is 35.2 Å². The maximum atomic E-state index is 12.8. The number of aryl methyl sites for hydroxylation is 2. The number of carbonyl (C=O) groups is 1. The van der Waals surface area contributed by atoms with Gasteiger partial charge in [-0.25, -0.2) is 14.4 Å². The molecule has 0 aliphatic carbocycles. The normalized spacial score (nSPS) is 17.8. The largest absolute Gasteiger partial charge is 0.458 e. The van der Waals surface area contributed by atoms with Gasteiger partial charge in [-0.2, -0.15) is 0 Å². The van der Waals surface area contributed by atoms with E-state index in [1.165, 1.54) is 0 Å². The molecule has 3 heterocycles. The van der Waals surface area contributed by atoms with Gasteiger partial charge in [0, 0.05) is 13.0 Å². The first-order chi connectivity index (χ1) is 10.5. The molecule has 0 radical (unpaired) electrons. The molecule has 0 unspecified atom stereocenters. The van der Waals surface area contributed by atoms with Gasteiger partial charge in [-0.3, -0.25) is 4.79 Å². The van der Waals surface area contributed by atoms with E-state index in [4.69, 9.17) is 9.26 Å². The average molecular weight is 306 g/mol. The van der Waals surface area contributed by atoms with Crippen LogP contribution in [0.2, 0.25) is 0 Å². The average Bonchev–Trinajstić information content (AvgIpc) is 3.08. The fourth-order valence-corrected chi connectivity index (χ4v) is 2.47. The van der Waals surface area contributed by atoms with E-state index in [1.807, 2.05) is 0 Å². The van der Waals surface area contributed by atoms with E-state index < -0.39 is 5.82 Å². The second-order valence-electron chi connectivity index (χ2n) is 5.16. The molecule has 1 aliphatic heterocycles. The van der Waals surface area contributed by atoms with Gasteiger partial charge >= 0.3 is 6.01 Å². The van der Waals surface area contributed by atoms with Crippen molar-refractivity contribution in [3.8, 4) is 6.01 Å². The van der Waals surface area contributed by atoms with Gasteiger partial charge in [0.05, 0.1) is 24.6 Å². The molecule has 0 spiro atoms. The Morgan fingerprint density at radius 1 is 1.41 bits per heavy atom. The number of likely N-dealkylation sites (tertiary alicyclic amines) is 1. The molecule has 2 aromatic rings. The monoisotopic (exact) mass is 306 g/mol. The zero-order valence-electron chi connectivity index (χ0n) is 12.2. The van der Waals surface area contributed by atoms with Crippen LogP contribution in [0.5, 0.6) is 6.01 Å². The number of rotatable bonds is 3. The molecule has 7 nitrogen and oxygen atoms in total. The fraction of sp³-hybridized carbons (Fsp3) is 0.429. The summed E-state index contributed by atoms with van der Waals surface area (Å²) in [5.74, 6) is -0.134. The molecule has 0 saturated carbocycles. The van der Waals surface area contributed by atoms with Crippen molar-refractivity contribution < 1.29 is 18.4 Å². The van der Waals surface area contributed by atoms with Crippen LogP contribution in [0.15, 0.2) is 16.9 Å². The van der Waals surface area contributed by atoms with Crippen LogP contribution >= 0.6 is 0 Å². The first-order valence-corrected chi connectivity index (χ1v) is 6.91. The van der Waals surface area contributed by atoms with Crippen molar-refractivity contribution in [1.82, 2.24) is 20.0 Å². The van der Waals surface area contributed by atoms with Crippen LogP contribution < -0.4 is 4.74 Å². The zero-order valence-corrected chi connectivity index (χ0v) is 12.2. The highest BCUT2D eigenvalue weighted by Crippen LogP contribution is 2.20. The smallest absolute Gasteiger partial charge is 0.316 e. The molecule has 8 heteroatoms. The fourth-order valence-electron chi connectivity index (χ4n) is 2.47. The van der Waals surface area contributed by atoms with Gasteiger partial charge in [0.15, 0.2) is 5.82 Å². The Bertz CT molecular complexity index is 666. The summed E-state index contributed by atoms with van der Waals surface area (Å²) in [4.78, 5) is 21.7. The van der Waals surface area contributed by atoms with Crippen molar-refractivity contribution in [2.24, 2.45) is 0 Å². The molecule has 1 amide bonds. The zero-order chi connectivity index (χ0) is 15.7. The molecule has 0 N–H and O–H groups in total. The Morgan fingerprint density at radius 2 is 2.14 bits per heavy atom. The Labute approximate surface area is 126 Å². The summed E-state index contributed by atoms with van der Waals surface area (Å²) in [5, 5.41) is 3.79. The van der Waals surface area contributed by atoms with E-state index >= 15 is 0 Å². The number of halogens is 1. The lowest BCUT2D eigenvalue weighted by Gasteiger charge is -2.16. The molecule has 1 saturated heterocycles. The molecule has 3 rings (SSSR count). The molecule has 0 bridgehead atoms. The van der Waals surface area contributed by atoms with Gasteiger partial charge in [-0.1, -0.05) is 5.16 Å². The molecule has 1 atom stereocenters. The van der Waals surface area contributed by atoms with E-state index in [2.05, 4.69) is 15.1 Å². The maximum Gasteiger partial charge on any atom is 0.316 e. The third-order valence-corrected chi connectivity index (χ3v) is 3.55. The van der Waals surface area contributed by atoms with Gasteiger partial charge in [0.25, 0.3) is 5.91 Å². The number of aromatic nitrogens is 3. The van der Waals surface area contributed by atoms with E-state index in [0.717, 1.165) is 12.4 Å². The van der Waals surface area contributed by atoms with Crippen molar-refractivity contribution in [3.63, 3.8) is 0 Å². The van der Waals surface area contributed by atoms with E-state index in [1.54, 1.807) is 18.7 Å². The maximum absolute atomic E-state index is 12.8. The van der Waals surface area contributed by atoms with E-state index in [-0.39, 0.29) is 18.0 Å². The molecule has 116 valence electrons. The highest BCUT2D eigenvalue weighted by Gasteiger charge is 2.31. The summed E-state index contributed by atoms with van der Waals surface area (Å²) in [6.07, 6.45) is 2.54. The number of amides is 1. The second kappa shape index (κ2) is 5.70. The first kappa shape index (κ1) is 14.4. The van der Waals surface area contributed by atoms with E-state index in [0.29, 0.717) is 36.5 Å². The third kappa shape index (κ3) is 2.76. The minimum atomic E-state index is -0.519. The SMILES string of the molecule is Cc1noc(C)c1C(=O)N1CC[C@@H](Oc2ncc(F)cn2)C1. The number of hydrogen-bond acceptors (Lipinski definition) is 6. The van der Waals surface area contributed by atoms with Crippen LogP contribution in [-0.2, 0) is 0 Å². The van der Waals surface area contributed by atoms with Crippen LogP contribution in [0.4, 0.5) is 4.39 Å². The standard InChI is InChI=1S/C14H15FN4O3/c1-8-12(9(2)22-18-8)13(20)19-4-3-11(7-19)21-14-16-5-10(15)6-17-14/h5-6,11H,3-4,7H2,1-2H3/t11-/m1/s1. The Balaban J connectivity index is 1.65. The van der Waals surface area contributed by atoms with Crippen LogP contribution in [0.1, 0.15) is 28.2 Å². The third-order valence-electron chi connectivity index (χ3n) is 3.55. The van der Waals surface area contributed by atoms with Gasteiger partial charge < -0.3 is 14.2 Å². The highest BCUT2D eigenvalue weighted by molar-refractivity contribution is 5.96. The van der Waals surface area contributed by atoms with Gasteiger partial charge in [0.1, 0.15) is 17.4 Å². The predicted molar refractivity (Wildman–Crippen MR) is 72.9 cm³/mol. The number of ether oxygens (including phenoxy) is 1. The second-order valence-corrected chi connectivity index (χ2v) is 5.16. The molecule has 0 aromatic carbocycles. The molecule has 2 aromatic heterocycles. The Kier molecular flexibility index (Phi) is 3.74. The number of carbonyl (C=O) groups excluding carboxylic acids is 1. The van der Waals surface area contributed by atoms with Crippen LogP contribution in [0, 0.1) is 19.7 Å². The van der Waals surface area contributed by atoms with Gasteiger partial charge in [0.2, 0.25) is 0 Å². The molecular weight excluding hydrogens is 291 g/mol. The highest BCUT2D eigenvalue weighted by atomic mass is 19.1. The Hall–Kier alpha value is -2.51. The van der Waals surface area contributed by atoms with Crippen LogP contribution in [0.3, 0.4) is 0 Å². The van der Waals surface area contributed by atoms with Crippen molar-refractivity contribution in [1.29, 1.82) is 0 Å². The summed E-state index contributed by atoms with van der Waals surface area (Å²) in [5.41, 5.74) is 1.08. The van der Waals surface area contributed by atoms with Crippen LogP contribution in [0.25, 0.3) is 0 Å². The number of nitrogens with zero attached hydrogens (tertiary/aromatic N) is 4. The van der Waals surface area contributed by atoms with Gasteiger partial charge in [-0.15, -0.1) is 0 Å². The summed E-state index contributed by atoms with van der Waals surface area (Å²) < 4.78 is 23.3. The number of hydrogen-bond donors (Lipinski definition) is 0. The quantitative estimate of drug-likeness (QED) is 0.855. The van der Waals surface area contributed by atoms with Crippen LogP contribution in [-0.4, -0.2) is 45.1 Å². The topological polar surface area (TPSA) is 81.4 Å². The lowest BCUT2D eigenvalue weighted by molar-refractivity contribution is 0.0767. The summed E-state index contributed by atoms with van der Waals surface area (Å²) in [7, 11) is 0. The lowest BCUT2D eigenvalue weighted by atomic mass is 10.2.